The minimum atomic E-state index is -0.718. The van der Waals surface area contributed by atoms with Gasteiger partial charge in [-0.25, -0.2) is 0 Å². The topological polar surface area (TPSA) is 49.3 Å². The number of carboxylic acid groups (broad SMARTS) is 1. The van der Waals surface area contributed by atoms with Crippen molar-refractivity contribution in [3.8, 4) is 0 Å². The van der Waals surface area contributed by atoms with E-state index in [1.165, 1.54) is 0 Å². The highest BCUT2D eigenvalue weighted by Gasteiger charge is 2.34. The highest BCUT2D eigenvalue weighted by molar-refractivity contribution is 9.10. The molecule has 1 aliphatic rings. The predicted octanol–water partition coefficient (Wildman–Crippen LogP) is 3.46. The SMILES string of the molecule is CCCC1CNc2ccc(Br)cc2C1C(=O)O. The molecule has 1 heterocycles. The van der Waals surface area contributed by atoms with Crippen LogP contribution >= 0.6 is 15.9 Å². The van der Waals surface area contributed by atoms with Crippen LogP contribution in [0.25, 0.3) is 0 Å². The summed E-state index contributed by atoms with van der Waals surface area (Å²) in [6.07, 6.45) is 1.95. The summed E-state index contributed by atoms with van der Waals surface area (Å²) in [4.78, 5) is 11.5. The van der Waals surface area contributed by atoms with Crippen LogP contribution in [0.1, 0.15) is 31.2 Å². The normalized spacial score (nSPS) is 22.7. The molecule has 0 aromatic heterocycles. The second-order valence-electron chi connectivity index (χ2n) is 4.48. The zero-order chi connectivity index (χ0) is 12.4. The van der Waals surface area contributed by atoms with Crippen LogP contribution in [0.2, 0.25) is 0 Å². The van der Waals surface area contributed by atoms with Gasteiger partial charge in [0.15, 0.2) is 0 Å². The number of nitrogens with one attached hydrogen (secondary N) is 1. The molecule has 1 aromatic rings. The lowest BCUT2D eigenvalue weighted by Crippen LogP contribution is -2.32. The van der Waals surface area contributed by atoms with Crippen LogP contribution in [0.15, 0.2) is 22.7 Å². The molecular formula is C13H16BrNO2. The van der Waals surface area contributed by atoms with Gasteiger partial charge in [0.1, 0.15) is 0 Å². The number of hydrogen-bond donors (Lipinski definition) is 2. The molecule has 1 aromatic carbocycles. The van der Waals surface area contributed by atoms with E-state index in [9.17, 15) is 9.90 Å². The quantitative estimate of drug-likeness (QED) is 0.898. The first-order valence-corrected chi connectivity index (χ1v) is 6.69. The summed E-state index contributed by atoms with van der Waals surface area (Å²) in [7, 11) is 0. The summed E-state index contributed by atoms with van der Waals surface area (Å²) < 4.78 is 0.932. The summed E-state index contributed by atoms with van der Waals surface area (Å²) in [5.74, 6) is -0.924. The van der Waals surface area contributed by atoms with Crippen LogP contribution in [-0.4, -0.2) is 17.6 Å². The smallest absolute Gasteiger partial charge is 0.311 e. The van der Waals surface area contributed by atoms with Crippen molar-refractivity contribution in [2.24, 2.45) is 5.92 Å². The van der Waals surface area contributed by atoms with Crippen molar-refractivity contribution in [2.45, 2.75) is 25.7 Å². The van der Waals surface area contributed by atoms with Crippen molar-refractivity contribution in [3.05, 3.63) is 28.2 Å². The molecule has 0 fully saturated rings. The summed E-state index contributed by atoms with van der Waals surface area (Å²) in [5.41, 5.74) is 1.85. The van der Waals surface area contributed by atoms with E-state index in [2.05, 4.69) is 28.2 Å². The van der Waals surface area contributed by atoms with Gasteiger partial charge in [-0.05, 0) is 36.1 Å². The van der Waals surface area contributed by atoms with E-state index < -0.39 is 5.97 Å². The van der Waals surface area contributed by atoms with E-state index in [-0.39, 0.29) is 11.8 Å². The zero-order valence-corrected chi connectivity index (χ0v) is 11.3. The molecule has 92 valence electrons. The van der Waals surface area contributed by atoms with E-state index in [1.807, 2.05) is 18.2 Å². The fourth-order valence-electron chi connectivity index (χ4n) is 2.54. The number of rotatable bonds is 3. The number of carboxylic acids is 1. The van der Waals surface area contributed by atoms with Gasteiger partial charge < -0.3 is 10.4 Å². The van der Waals surface area contributed by atoms with Crippen molar-refractivity contribution in [2.75, 3.05) is 11.9 Å². The number of fused-ring (bicyclic) bond motifs is 1. The Morgan fingerprint density at radius 3 is 3.00 bits per heavy atom. The summed E-state index contributed by atoms with van der Waals surface area (Å²) in [6, 6.07) is 5.80. The minimum Gasteiger partial charge on any atom is -0.481 e. The molecule has 0 saturated heterocycles. The fourth-order valence-corrected chi connectivity index (χ4v) is 2.92. The number of anilines is 1. The Kier molecular flexibility index (Phi) is 3.72. The van der Waals surface area contributed by atoms with Crippen LogP contribution in [0.4, 0.5) is 5.69 Å². The molecule has 0 saturated carbocycles. The Morgan fingerprint density at radius 1 is 1.59 bits per heavy atom. The van der Waals surface area contributed by atoms with E-state index in [0.717, 1.165) is 35.1 Å². The van der Waals surface area contributed by atoms with Gasteiger partial charge in [0.25, 0.3) is 0 Å². The van der Waals surface area contributed by atoms with Crippen molar-refractivity contribution in [1.29, 1.82) is 0 Å². The van der Waals surface area contributed by atoms with Crippen molar-refractivity contribution < 1.29 is 9.90 Å². The van der Waals surface area contributed by atoms with Crippen molar-refractivity contribution in [1.82, 2.24) is 0 Å². The summed E-state index contributed by atoms with van der Waals surface area (Å²) in [6.45, 7) is 2.84. The van der Waals surface area contributed by atoms with Crippen LogP contribution in [0, 0.1) is 5.92 Å². The molecule has 3 nitrogen and oxygen atoms in total. The highest BCUT2D eigenvalue weighted by Crippen LogP contribution is 2.38. The minimum absolute atomic E-state index is 0.180. The molecule has 0 aliphatic carbocycles. The number of aliphatic carboxylic acids is 1. The Balaban J connectivity index is 2.40. The summed E-state index contributed by atoms with van der Waals surface area (Å²) >= 11 is 3.41. The van der Waals surface area contributed by atoms with Gasteiger partial charge in [-0.1, -0.05) is 29.3 Å². The number of carbonyl (C=O) groups is 1. The Labute approximate surface area is 109 Å². The Morgan fingerprint density at radius 2 is 2.35 bits per heavy atom. The summed E-state index contributed by atoms with van der Waals surface area (Å²) in [5, 5.41) is 12.8. The maximum atomic E-state index is 11.5. The van der Waals surface area contributed by atoms with Crippen molar-refractivity contribution in [3.63, 3.8) is 0 Å². The van der Waals surface area contributed by atoms with Crippen molar-refractivity contribution >= 4 is 27.6 Å². The average Bonchev–Trinajstić information content (AvgIpc) is 2.28. The van der Waals surface area contributed by atoms with E-state index >= 15 is 0 Å². The van der Waals surface area contributed by atoms with Gasteiger partial charge >= 0.3 is 5.97 Å². The average molecular weight is 298 g/mol. The molecule has 17 heavy (non-hydrogen) atoms. The maximum Gasteiger partial charge on any atom is 0.311 e. The third-order valence-corrected chi connectivity index (χ3v) is 3.79. The van der Waals surface area contributed by atoms with E-state index in [4.69, 9.17) is 0 Å². The lowest BCUT2D eigenvalue weighted by molar-refractivity contribution is -0.140. The molecule has 1 aliphatic heterocycles. The molecule has 0 spiro atoms. The number of benzene rings is 1. The first-order valence-electron chi connectivity index (χ1n) is 5.89. The molecule has 0 radical (unpaired) electrons. The van der Waals surface area contributed by atoms with E-state index in [1.54, 1.807) is 0 Å². The van der Waals surface area contributed by atoms with Crippen LogP contribution in [-0.2, 0) is 4.79 Å². The molecule has 2 N–H and O–H groups in total. The Bertz CT molecular complexity index is 433. The third-order valence-electron chi connectivity index (χ3n) is 3.30. The third kappa shape index (κ3) is 2.46. The second kappa shape index (κ2) is 5.08. The largest absolute Gasteiger partial charge is 0.481 e. The fraction of sp³-hybridized carbons (Fsp3) is 0.462. The van der Waals surface area contributed by atoms with Gasteiger partial charge in [0.05, 0.1) is 5.92 Å². The lowest BCUT2D eigenvalue weighted by Gasteiger charge is -2.32. The van der Waals surface area contributed by atoms with Gasteiger partial charge in [-0.15, -0.1) is 0 Å². The van der Waals surface area contributed by atoms with Gasteiger partial charge in [0.2, 0.25) is 0 Å². The molecule has 0 amide bonds. The number of halogens is 1. The van der Waals surface area contributed by atoms with Crippen LogP contribution in [0.5, 0.6) is 0 Å². The zero-order valence-electron chi connectivity index (χ0n) is 9.74. The molecule has 0 bridgehead atoms. The predicted molar refractivity (Wildman–Crippen MR) is 71.4 cm³/mol. The lowest BCUT2D eigenvalue weighted by atomic mass is 9.80. The first kappa shape index (κ1) is 12.4. The first-order chi connectivity index (χ1) is 8.13. The molecule has 4 heteroatoms. The molecule has 2 atom stereocenters. The van der Waals surface area contributed by atoms with Crippen LogP contribution in [0.3, 0.4) is 0 Å². The monoisotopic (exact) mass is 297 g/mol. The van der Waals surface area contributed by atoms with Gasteiger partial charge in [0, 0.05) is 16.7 Å². The van der Waals surface area contributed by atoms with E-state index in [0.29, 0.717) is 0 Å². The molecule has 2 rings (SSSR count). The molecule has 2 unspecified atom stereocenters. The van der Waals surface area contributed by atoms with Crippen LogP contribution < -0.4 is 5.32 Å². The number of hydrogen-bond acceptors (Lipinski definition) is 2. The van der Waals surface area contributed by atoms with Gasteiger partial charge in [-0.3, -0.25) is 4.79 Å². The maximum absolute atomic E-state index is 11.5. The Hall–Kier alpha value is -1.03. The second-order valence-corrected chi connectivity index (χ2v) is 5.39. The highest BCUT2D eigenvalue weighted by atomic mass is 79.9. The van der Waals surface area contributed by atoms with Gasteiger partial charge in [-0.2, -0.15) is 0 Å². The standard InChI is InChI=1S/C13H16BrNO2/c1-2-3-8-7-15-11-5-4-9(14)6-10(11)12(8)13(16)17/h4-6,8,12,15H,2-3,7H2,1H3,(H,16,17). The molecular weight excluding hydrogens is 282 g/mol.